The molecule has 7 heteroatoms. The van der Waals surface area contributed by atoms with Crippen molar-refractivity contribution in [1.29, 1.82) is 0 Å². The molecule has 0 fully saturated rings. The van der Waals surface area contributed by atoms with Crippen LogP contribution in [0.15, 0.2) is 29.3 Å². The Morgan fingerprint density at radius 3 is 2.88 bits per heavy atom. The quantitative estimate of drug-likeness (QED) is 0.712. The molecule has 0 aromatic carbocycles. The largest absolute Gasteiger partial charge is 0.345 e. The molecule has 0 N–H and O–H groups in total. The number of nitrogens with zero attached hydrogens (tertiary/aromatic N) is 4. The zero-order chi connectivity index (χ0) is 18.4. The first-order chi connectivity index (χ1) is 12.5. The highest BCUT2D eigenvalue weighted by Crippen LogP contribution is 2.30. The summed E-state index contributed by atoms with van der Waals surface area (Å²) in [6.45, 7) is 7.65. The van der Waals surface area contributed by atoms with Crippen molar-refractivity contribution in [2.24, 2.45) is 0 Å². The number of aryl methyl sites for hydroxylation is 2. The van der Waals surface area contributed by atoms with Gasteiger partial charge < -0.3 is 9.47 Å². The minimum Gasteiger partial charge on any atom is -0.345 e. The molecule has 0 bridgehead atoms. The van der Waals surface area contributed by atoms with Crippen molar-refractivity contribution in [2.45, 2.75) is 46.3 Å². The summed E-state index contributed by atoms with van der Waals surface area (Å²) in [7, 11) is 0. The molecule has 26 heavy (non-hydrogen) atoms. The third-order valence-electron chi connectivity index (χ3n) is 5.17. The van der Waals surface area contributed by atoms with Gasteiger partial charge >= 0.3 is 0 Å². The van der Waals surface area contributed by atoms with Gasteiger partial charge in [0.15, 0.2) is 0 Å². The zero-order valence-corrected chi connectivity index (χ0v) is 16.0. The lowest BCUT2D eigenvalue weighted by Gasteiger charge is -2.37. The van der Waals surface area contributed by atoms with Gasteiger partial charge in [-0.2, -0.15) is 0 Å². The minimum absolute atomic E-state index is 0.0304. The van der Waals surface area contributed by atoms with Gasteiger partial charge in [-0.3, -0.25) is 14.2 Å². The molecule has 136 valence electrons. The van der Waals surface area contributed by atoms with E-state index < -0.39 is 0 Å². The lowest BCUT2D eigenvalue weighted by molar-refractivity contribution is -0.135. The summed E-state index contributed by atoms with van der Waals surface area (Å²) in [6.07, 6.45) is 2.35. The lowest BCUT2D eigenvalue weighted by Crippen LogP contribution is -2.44. The second-order valence-corrected chi connectivity index (χ2v) is 8.05. The molecular weight excluding hydrogens is 348 g/mol. The van der Waals surface area contributed by atoms with E-state index in [9.17, 15) is 9.59 Å². The van der Waals surface area contributed by atoms with Crippen LogP contribution < -0.4 is 5.56 Å². The first-order valence-corrected chi connectivity index (χ1v) is 9.72. The average Bonchev–Trinajstić information content (AvgIpc) is 3.19. The highest BCUT2D eigenvalue weighted by Gasteiger charge is 2.30. The molecule has 0 radical (unpaired) electrons. The van der Waals surface area contributed by atoms with E-state index in [-0.39, 0.29) is 24.1 Å². The number of hydrogen-bond donors (Lipinski definition) is 0. The molecule has 0 saturated heterocycles. The Bertz CT molecular complexity index is 1050. The Morgan fingerprint density at radius 2 is 2.12 bits per heavy atom. The van der Waals surface area contributed by atoms with Crippen LogP contribution in [0.1, 0.15) is 35.7 Å². The van der Waals surface area contributed by atoms with Gasteiger partial charge in [0, 0.05) is 29.4 Å². The van der Waals surface area contributed by atoms with Gasteiger partial charge in [-0.15, -0.1) is 11.3 Å². The Kier molecular flexibility index (Phi) is 4.19. The number of aromatic nitrogens is 3. The van der Waals surface area contributed by atoms with Gasteiger partial charge in [-0.25, -0.2) is 4.98 Å². The summed E-state index contributed by atoms with van der Waals surface area (Å²) < 4.78 is 3.72. The average molecular weight is 370 g/mol. The fourth-order valence-electron chi connectivity index (χ4n) is 3.87. The fourth-order valence-corrected chi connectivity index (χ4v) is 4.70. The van der Waals surface area contributed by atoms with E-state index in [0.29, 0.717) is 11.9 Å². The van der Waals surface area contributed by atoms with Gasteiger partial charge in [0.1, 0.15) is 11.4 Å². The second-order valence-electron chi connectivity index (χ2n) is 6.82. The summed E-state index contributed by atoms with van der Waals surface area (Å²) in [5.41, 5.74) is 2.26. The summed E-state index contributed by atoms with van der Waals surface area (Å²) in [5, 5.41) is 0.595. The van der Waals surface area contributed by atoms with Gasteiger partial charge in [0.2, 0.25) is 5.91 Å². The molecule has 1 aliphatic heterocycles. The summed E-state index contributed by atoms with van der Waals surface area (Å²) >= 11 is 1.50. The van der Waals surface area contributed by atoms with Crippen molar-refractivity contribution in [3.05, 3.63) is 51.1 Å². The van der Waals surface area contributed by atoms with Gasteiger partial charge in [-0.1, -0.05) is 6.92 Å². The van der Waals surface area contributed by atoms with E-state index in [0.717, 1.165) is 22.7 Å². The molecule has 4 heterocycles. The first-order valence-electron chi connectivity index (χ1n) is 8.90. The highest BCUT2D eigenvalue weighted by atomic mass is 32.1. The van der Waals surface area contributed by atoms with Crippen LogP contribution in [0.2, 0.25) is 0 Å². The molecule has 0 unspecified atom stereocenters. The number of rotatable bonds is 3. The van der Waals surface area contributed by atoms with Crippen LogP contribution in [0.5, 0.6) is 0 Å². The zero-order valence-electron chi connectivity index (χ0n) is 15.2. The molecule has 6 nitrogen and oxygen atoms in total. The van der Waals surface area contributed by atoms with E-state index in [1.807, 2.05) is 17.9 Å². The van der Waals surface area contributed by atoms with Crippen LogP contribution in [0, 0.1) is 13.8 Å². The van der Waals surface area contributed by atoms with Crippen LogP contribution in [-0.4, -0.2) is 31.5 Å². The van der Waals surface area contributed by atoms with E-state index >= 15 is 0 Å². The van der Waals surface area contributed by atoms with Crippen molar-refractivity contribution >= 4 is 27.5 Å². The van der Waals surface area contributed by atoms with E-state index in [2.05, 4.69) is 35.5 Å². The number of carbonyl (C=O) groups is 1. The topological polar surface area (TPSA) is 60.1 Å². The molecular formula is C19H22N4O2S. The molecule has 3 aromatic heterocycles. The number of carbonyl (C=O) groups excluding carboxylic acids is 1. The van der Waals surface area contributed by atoms with Crippen molar-refractivity contribution in [1.82, 2.24) is 19.0 Å². The fraction of sp³-hybridized carbons (Fsp3) is 0.421. The van der Waals surface area contributed by atoms with E-state index in [1.54, 1.807) is 0 Å². The highest BCUT2D eigenvalue weighted by molar-refractivity contribution is 7.18. The third kappa shape index (κ3) is 2.67. The Balaban J connectivity index is 1.62. The van der Waals surface area contributed by atoms with Crippen molar-refractivity contribution in [3.63, 3.8) is 0 Å². The number of amides is 1. The standard InChI is InChI=1S/C19H22N4O2S/c1-4-15-16-6-5-12(2)22(16)7-8-23(15)17(24)10-21-11-20-18-14(19(21)25)9-13(3)26-18/h5-6,9,11,15H,4,7-8,10H2,1-3H3/t15-/m0/s1. The van der Waals surface area contributed by atoms with E-state index in [4.69, 9.17) is 0 Å². The number of fused-ring (bicyclic) bond motifs is 2. The third-order valence-corrected chi connectivity index (χ3v) is 6.13. The Hall–Kier alpha value is -2.41. The maximum atomic E-state index is 13.0. The normalized spacial score (nSPS) is 16.9. The predicted molar refractivity (Wildman–Crippen MR) is 103 cm³/mol. The van der Waals surface area contributed by atoms with Crippen LogP contribution in [0.25, 0.3) is 10.2 Å². The number of hydrogen-bond acceptors (Lipinski definition) is 4. The molecule has 4 rings (SSSR count). The maximum Gasteiger partial charge on any atom is 0.262 e. The maximum absolute atomic E-state index is 13.0. The van der Waals surface area contributed by atoms with Crippen molar-refractivity contribution < 1.29 is 4.79 Å². The molecule has 1 amide bonds. The van der Waals surface area contributed by atoms with Crippen LogP contribution in [0.3, 0.4) is 0 Å². The SMILES string of the molecule is CC[C@H]1c2ccc(C)n2CCN1C(=O)Cn1cnc2sc(C)cc2c1=O. The Labute approximate surface area is 155 Å². The second kappa shape index (κ2) is 6.39. The molecule has 1 atom stereocenters. The molecule has 0 aliphatic carbocycles. The van der Waals surface area contributed by atoms with E-state index in [1.165, 1.54) is 33.6 Å². The van der Waals surface area contributed by atoms with Gasteiger partial charge in [0.25, 0.3) is 5.56 Å². The Morgan fingerprint density at radius 1 is 1.31 bits per heavy atom. The van der Waals surface area contributed by atoms with Crippen molar-refractivity contribution in [2.75, 3.05) is 6.54 Å². The van der Waals surface area contributed by atoms with Crippen LogP contribution in [-0.2, 0) is 17.9 Å². The molecule has 0 saturated carbocycles. The minimum atomic E-state index is -0.142. The smallest absolute Gasteiger partial charge is 0.262 e. The predicted octanol–water partition coefficient (Wildman–Crippen LogP) is 2.87. The molecule has 1 aliphatic rings. The molecule has 3 aromatic rings. The van der Waals surface area contributed by atoms with Crippen molar-refractivity contribution in [3.8, 4) is 0 Å². The summed E-state index contributed by atoms with van der Waals surface area (Å²) in [4.78, 5) is 33.7. The summed E-state index contributed by atoms with van der Waals surface area (Å²) in [6, 6.07) is 6.12. The van der Waals surface area contributed by atoms with Gasteiger partial charge in [0.05, 0.1) is 17.8 Å². The van der Waals surface area contributed by atoms with Gasteiger partial charge in [-0.05, 0) is 38.5 Å². The monoisotopic (exact) mass is 370 g/mol. The van der Waals surface area contributed by atoms with Crippen LogP contribution >= 0.6 is 11.3 Å². The lowest BCUT2D eigenvalue weighted by atomic mass is 10.1. The van der Waals surface area contributed by atoms with Crippen LogP contribution in [0.4, 0.5) is 0 Å². The number of thiophene rings is 1. The summed E-state index contributed by atoms with van der Waals surface area (Å²) in [5.74, 6) is -0.0304. The molecule has 0 spiro atoms. The first kappa shape index (κ1) is 17.0.